The van der Waals surface area contributed by atoms with Gasteiger partial charge in [0.25, 0.3) is 0 Å². The quantitative estimate of drug-likeness (QED) is 0.277. The largest absolute Gasteiger partial charge is 0.369 e. The predicted molar refractivity (Wildman–Crippen MR) is 152 cm³/mol. The number of halogens is 2. The second kappa shape index (κ2) is 11.0. The molecule has 4 aromatic rings. The maximum absolute atomic E-state index is 15.4. The molecule has 2 aromatic heterocycles. The van der Waals surface area contributed by atoms with Crippen LogP contribution in [-0.4, -0.2) is 68.2 Å². The monoisotopic (exact) mass is 568 g/mol. The summed E-state index contributed by atoms with van der Waals surface area (Å²) < 4.78 is 58.1. The second-order valence-corrected chi connectivity index (χ2v) is 11.5. The van der Waals surface area contributed by atoms with Crippen LogP contribution in [0, 0.1) is 18.6 Å². The summed E-state index contributed by atoms with van der Waals surface area (Å²) in [7, 11) is -2.78. The molecule has 0 radical (unpaired) electrons. The van der Waals surface area contributed by atoms with E-state index in [1.165, 1.54) is 13.2 Å². The number of carbonyl (C=O) groups is 1. The molecule has 2 aromatic carbocycles. The first-order valence-electron chi connectivity index (χ1n) is 12.9. The number of piperazine rings is 1. The van der Waals surface area contributed by atoms with Crippen LogP contribution in [0.4, 0.5) is 20.2 Å². The first kappa shape index (κ1) is 27.7. The summed E-state index contributed by atoms with van der Waals surface area (Å²) in [6, 6.07) is 9.67. The number of benzene rings is 2. The molecule has 1 saturated heterocycles. The number of hydrogen-bond donors (Lipinski definition) is 3. The minimum atomic E-state index is -4.09. The Morgan fingerprint density at radius 3 is 2.58 bits per heavy atom. The molecule has 9 nitrogen and oxygen atoms in total. The zero-order valence-electron chi connectivity index (χ0n) is 22.4. The average molecular weight is 569 g/mol. The third kappa shape index (κ3) is 5.17. The standard InChI is InChI=1S/C28H30F2N6O3S/c1-4-35(3)40(38,39)34-23-7-6-22(29)25(26(23)30)27(37)21-16-33-28-20(21)14-19(15-32-28)18-5-8-24(17(2)13-18)36-11-9-31-10-12-36/h5-8,13-16,31,34H,4,9-12H2,1-3H3,(H,32,33). The number of carbonyl (C=O) groups excluding carboxylic acids is 1. The Morgan fingerprint density at radius 1 is 1.12 bits per heavy atom. The van der Waals surface area contributed by atoms with Crippen molar-refractivity contribution in [2.45, 2.75) is 13.8 Å². The summed E-state index contributed by atoms with van der Waals surface area (Å²) in [5.74, 6) is -3.34. The molecule has 1 aliphatic heterocycles. The van der Waals surface area contributed by atoms with Gasteiger partial charge in [-0.1, -0.05) is 13.0 Å². The van der Waals surface area contributed by atoms with Gasteiger partial charge in [0.2, 0.25) is 5.78 Å². The minimum Gasteiger partial charge on any atom is -0.369 e. The number of aryl methyl sites for hydroxylation is 1. The number of hydrogen-bond acceptors (Lipinski definition) is 6. The highest BCUT2D eigenvalue weighted by atomic mass is 32.2. The van der Waals surface area contributed by atoms with Crippen molar-refractivity contribution in [3.8, 4) is 11.1 Å². The minimum absolute atomic E-state index is 0.0157. The zero-order chi connectivity index (χ0) is 28.6. The van der Waals surface area contributed by atoms with Crippen LogP contribution in [0.1, 0.15) is 28.4 Å². The number of fused-ring (bicyclic) bond motifs is 1. The molecule has 0 aliphatic carbocycles. The number of rotatable bonds is 8. The van der Waals surface area contributed by atoms with Gasteiger partial charge < -0.3 is 15.2 Å². The highest BCUT2D eigenvalue weighted by Crippen LogP contribution is 2.32. The van der Waals surface area contributed by atoms with Crippen molar-refractivity contribution in [3.63, 3.8) is 0 Å². The Bertz CT molecular complexity index is 1700. The fourth-order valence-electron chi connectivity index (χ4n) is 4.81. The van der Waals surface area contributed by atoms with E-state index >= 15 is 4.39 Å². The molecule has 12 heteroatoms. The molecule has 40 heavy (non-hydrogen) atoms. The van der Waals surface area contributed by atoms with E-state index in [1.54, 1.807) is 19.2 Å². The van der Waals surface area contributed by atoms with Gasteiger partial charge in [-0.3, -0.25) is 9.52 Å². The Balaban J connectivity index is 1.50. The highest BCUT2D eigenvalue weighted by molar-refractivity contribution is 7.90. The summed E-state index contributed by atoms with van der Waals surface area (Å²) >= 11 is 0. The van der Waals surface area contributed by atoms with Crippen LogP contribution in [0.3, 0.4) is 0 Å². The predicted octanol–water partition coefficient (Wildman–Crippen LogP) is 4.07. The van der Waals surface area contributed by atoms with Crippen molar-refractivity contribution in [1.82, 2.24) is 19.6 Å². The van der Waals surface area contributed by atoms with E-state index in [1.807, 2.05) is 13.0 Å². The number of anilines is 2. The van der Waals surface area contributed by atoms with Crippen LogP contribution in [0.15, 0.2) is 48.8 Å². The maximum atomic E-state index is 15.4. The van der Waals surface area contributed by atoms with Crippen molar-refractivity contribution < 1.29 is 22.0 Å². The van der Waals surface area contributed by atoms with Crippen molar-refractivity contribution in [2.24, 2.45) is 0 Å². The molecule has 0 atom stereocenters. The molecule has 0 spiro atoms. The fraction of sp³-hybridized carbons (Fsp3) is 0.286. The Morgan fingerprint density at radius 2 is 1.88 bits per heavy atom. The number of H-pyrrole nitrogens is 1. The highest BCUT2D eigenvalue weighted by Gasteiger charge is 2.27. The van der Waals surface area contributed by atoms with Gasteiger partial charge in [-0.15, -0.1) is 0 Å². The lowest BCUT2D eigenvalue weighted by Crippen LogP contribution is -2.43. The van der Waals surface area contributed by atoms with Gasteiger partial charge in [-0.25, -0.2) is 13.8 Å². The second-order valence-electron chi connectivity index (χ2n) is 9.70. The summed E-state index contributed by atoms with van der Waals surface area (Å²) in [6.07, 6.45) is 3.02. The lowest BCUT2D eigenvalue weighted by molar-refractivity contribution is 0.103. The number of aromatic nitrogens is 2. The van der Waals surface area contributed by atoms with Crippen molar-refractivity contribution >= 4 is 38.4 Å². The number of pyridine rings is 1. The molecule has 1 aliphatic rings. The molecule has 3 N–H and O–H groups in total. The first-order chi connectivity index (χ1) is 19.1. The van der Waals surface area contributed by atoms with Crippen LogP contribution in [0.2, 0.25) is 0 Å². The third-order valence-electron chi connectivity index (χ3n) is 7.18. The number of aromatic amines is 1. The molecule has 1 fully saturated rings. The lowest BCUT2D eigenvalue weighted by Gasteiger charge is -2.30. The van der Waals surface area contributed by atoms with E-state index in [4.69, 9.17) is 0 Å². The molecule has 0 saturated carbocycles. The van der Waals surface area contributed by atoms with Crippen molar-refractivity contribution in [1.29, 1.82) is 0 Å². The van der Waals surface area contributed by atoms with Gasteiger partial charge in [0.1, 0.15) is 11.5 Å². The number of nitrogens with zero attached hydrogens (tertiary/aromatic N) is 3. The van der Waals surface area contributed by atoms with Gasteiger partial charge in [-0.05, 0) is 48.4 Å². The van der Waals surface area contributed by atoms with E-state index in [0.29, 0.717) is 11.0 Å². The molecule has 3 heterocycles. The van der Waals surface area contributed by atoms with E-state index in [2.05, 4.69) is 37.0 Å². The Kier molecular flexibility index (Phi) is 7.58. The normalized spacial score (nSPS) is 14.2. The molecular weight excluding hydrogens is 538 g/mol. The van der Waals surface area contributed by atoms with Crippen LogP contribution < -0.4 is 14.9 Å². The summed E-state index contributed by atoms with van der Waals surface area (Å²) in [5, 5.41) is 3.74. The first-order valence-corrected chi connectivity index (χ1v) is 14.3. The molecule has 5 rings (SSSR count). The number of ketones is 1. The summed E-state index contributed by atoms with van der Waals surface area (Å²) in [5.41, 5.74) is 2.89. The van der Waals surface area contributed by atoms with Gasteiger partial charge in [0, 0.05) is 74.4 Å². The maximum Gasteiger partial charge on any atom is 0.301 e. The van der Waals surface area contributed by atoms with Crippen molar-refractivity contribution in [3.05, 3.63) is 77.1 Å². The fourth-order valence-corrected chi connectivity index (χ4v) is 5.74. The molecule has 0 bridgehead atoms. The van der Waals surface area contributed by atoms with E-state index in [-0.39, 0.29) is 12.1 Å². The van der Waals surface area contributed by atoms with Crippen LogP contribution in [0.25, 0.3) is 22.2 Å². The Hall–Kier alpha value is -3.87. The topological polar surface area (TPSA) is 110 Å². The summed E-state index contributed by atoms with van der Waals surface area (Å²) in [6.45, 7) is 7.49. The third-order valence-corrected chi connectivity index (χ3v) is 8.73. The van der Waals surface area contributed by atoms with Crippen LogP contribution in [-0.2, 0) is 10.2 Å². The number of nitrogens with one attached hydrogen (secondary N) is 3. The lowest BCUT2D eigenvalue weighted by atomic mass is 9.99. The van der Waals surface area contributed by atoms with Gasteiger partial charge in [0.05, 0.1) is 11.3 Å². The summed E-state index contributed by atoms with van der Waals surface area (Å²) in [4.78, 5) is 23.1. The molecule has 0 unspecified atom stereocenters. The van der Waals surface area contributed by atoms with E-state index in [0.717, 1.165) is 65.0 Å². The Labute approximate surface area is 231 Å². The molecular formula is C28H30F2N6O3S. The SMILES string of the molecule is CCN(C)S(=O)(=O)Nc1ccc(F)c(C(=O)c2c[nH]c3ncc(-c4ccc(N5CCNCC5)c(C)c4)cc23)c1F. The van der Waals surface area contributed by atoms with E-state index < -0.39 is 38.9 Å². The average Bonchev–Trinajstić information content (AvgIpc) is 3.38. The van der Waals surface area contributed by atoms with Gasteiger partial charge in [-0.2, -0.15) is 12.7 Å². The van der Waals surface area contributed by atoms with Crippen LogP contribution in [0.5, 0.6) is 0 Å². The van der Waals surface area contributed by atoms with Crippen molar-refractivity contribution in [2.75, 3.05) is 49.4 Å². The zero-order valence-corrected chi connectivity index (χ0v) is 23.2. The van der Waals surface area contributed by atoms with Gasteiger partial charge in [0.15, 0.2) is 5.82 Å². The van der Waals surface area contributed by atoms with Crippen LogP contribution >= 0.6 is 0 Å². The smallest absolute Gasteiger partial charge is 0.301 e. The van der Waals surface area contributed by atoms with E-state index in [9.17, 15) is 17.6 Å². The molecule has 0 amide bonds. The molecule has 210 valence electrons. The van der Waals surface area contributed by atoms with Gasteiger partial charge >= 0.3 is 10.2 Å².